The highest BCUT2D eigenvalue weighted by Gasteiger charge is 2.58. The Bertz CT molecular complexity index is 1010. The van der Waals surface area contributed by atoms with Crippen LogP contribution < -0.4 is 10.9 Å². The highest BCUT2D eigenvalue weighted by molar-refractivity contribution is 7.88. The standard InChI is InChI=1S/C20H27N3O5S/c1-3-5-12-8-9-16-17-14(10-22(16)20(12)26)15(11-24)18(23(17)29(2,27)28)19(25)21-13-6-4-7-13/h3,5,8-9,13-15,17-18,24H,4,6-7,10-11H2,1-2H3,(H,21,25)/b5-3-/t14-,15-,17+,18-/m1/s1. The van der Waals surface area contributed by atoms with Gasteiger partial charge in [0.1, 0.15) is 6.04 Å². The summed E-state index contributed by atoms with van der Waals surface area (Å²) in [5.74, 6) is -1.26. The van der Waals surface area contributed by atoms with E-state index < -0.39 is 28.0 Å². The zero-order valence-electron chi connectivity index (χ0n) is 16.6. The number of carbonyl (C=O) groups is 1. The molecule has 3 heterocycles. The summed E-state index contributed by atoms with van der Waals surface area (Å²) in [7, 11) is -3.76. The third kappa shape index (κ3) is 3.25. The summed E-state index contributed by atoms with van der Waals surface area (Å²) < 4.78 is 28.3. The van der Waals surface area contributed by atoms with Crippen molar-refractivity contribution in [3.05, 3.63) is 39.8 Å². The van der Waals surface area contributed by atoms with Gasteiger partial charge < -0.3 is 15.0 Å². The van der Waals surface area contributed by atoms with E-state index >= 15 is 0 Å². The lowest BCUT2D eigenvalue weighted by Crippen LogP contribution is -2.53. The lowest BCUT2D eigenvalue weighted by atomic mass is 9.87. The molecular weight excluding hydrogens is 394 g/mol. The molecule has 2 fully saturated rings. The molecule has 0 spiro atoms. The topological polar surface area (TPSA) is 109 Å². The normalized spacial score (nSPS) is 29.6. The molecule has 0 aromatic carbocycles. The van der Waals surface area contributed by atoms with E-state index in [0.29, 0.717) is 11.3 Å². The first-order valence-electron chi connectivity index (χ1n) is 10.0. The van der Waals surface area contributed by atoms with Gasteiger partial charge in [-0.25, -0.2) is 8.42 Å². The van der Waals surface area contributed by atoms with Crippen LogP contribution in [0.3, 0.4) is 0 Å². The summed E-state index contributed by atoms with van der Waals surface area (Å²) >= 11 is 0. The smallest absolute Gasteiger partial charge is 0.258 e. The van der Waals surface area contributed by atoms with Crippen LogP contribution in [0.25, 0.3) is 6.08 Å². The molecule has 4 atom stereocenters. The molecule has 1 aromatic rings. The third-order valence-electron chi connectivity index (χ3n) is 6.50. The molecule has 9 heteroatoms. The first-order valence-corrected chi connectivity index (χ1v) is 11.9. The number of hydrogen-bond donors (Lipinski definition) is 2. The first kappa shape index (κ1) is 20.3. The van der Waals surface area contributed by atoms with Crippen molar-refractivity contribution in [2.24, 2.45) is 11.8 Å². The van der Waals surface area contributed by atoms with Crippen LogP contribution in [0.5, 0.6) is 0 Å². The summed E-state index contributed by atoms with van der Waals surface area (Å²) in [6.07, 6.45) is 7.41. The predicted octanol–water partition coefficient (Wildman–Crippen LogP) is 0.473. The van der Waals surface area contributed by atoms with Gasteiger partial charge in [-0.3, -0.25) is 9.59 Å². The average molecular weight is 422 g/mol. The zero-order chi connectivity index (χ0) is 20.9. The molecule has 1 saturated carbocycles. The molecule has 3 aliphatic rings. The number of aromatic nitrogens is 1. The number of fused-ring (bicyclic) bond motifs is 3. The molecule has 1 aliphatic carbocycles. The largest absolute Gasteiger partial charge is 0.396 e. The number of allylic oxidation sites excluding steroid dienone is 1. The number of aliphatic hydroxyl groups is 1. The average Bonchev–Trinajstić information content (AvgIpc) is 3.14. The van der Waals surface area contributed by atoms with E-state index in [2.05, 4.69) is 5.32 Å². The fourth-order valence-electron chi connectivity index (χ4n) is 4.97. The van der Waals surface area contributed by atoms with Crippen molar-refractivity contribution < 1.29 is 18.3 Å². The van der Waals surface area contributed by atoms with Crippen LogP contribution >= 0.6 is 0 Å². The Balaban J connectivity index is 1.78. The second-order valence-electron chi connectivity index (χ2n) is 8.26. The van der Waals surface area contributed by atoms with Gasteiger partial charge in [0.05, 0.1) is 12.3 Å². The summed E-state index contributed by atoms with van der Waals surface area (Å²) in [6.45, 7) is 1.79. The van der Waals surface area contributed by atoms with E-state index in [4.69, 9.17) is 0 Å². The fourth-order valence-corrected chi connectivity index (χ4v) is 6.32. The van der Waals surface area contributed by atoms with E-state index in [-0.39, 0.29) is 36.6 Å². The molecule has 158 valence electrons. The quantitative estimate of drug-likeness (QED) is 0.719. The molecule has 1 aromatic heterocycles. The maximum absolute atomic E-state index is 13.0. The Morgan fingerprint density at radius 1 is 1.34 bits per heavy atom. The second-order valence-corrected chi connectivity index (χ2v) is 10.1. The predicted molar refractivity (Wildman–Crippen MR) is 108 cm³/mol. The first-order chi connectivity index (χ1) is 13.8. The van der Waals surface area contributed by atoms with E-state index in [1.165, 1.54) is 4.31 Å². The van der Waals surface area contributed by atoms with Crippen LogP contribution in [-0.2, 0) is 21.4 Å². The van der Waals surface area contributed by atoms with Gasteiger partial charge in [-0.15, -0.1) is 0 Å². The molecule has 4 rings (SSSR count). The summed E-state index contributed by atoms with van der Waals surface area (Å²) in [6, 6.07) is 1.92. The van der Waals surface area contributed by atoms with Crippen LogP contribution in [-0.4, -0.2) is 53.3 Å². The minimum absolute atomic E-state index is 0.0713. The molecule has 8 nitrogen and oxygen atoms in total. The Morgan fingerprint density at radius 2 is 2.07 bits per heavy atom. The van der Waals surface area contributed by atoms with Crippen molar-refractivity contribution in [1.82, 2.24) is 14.2 Å². The highest BCUT2D eigenvalue weighted by Crippen LogP contribution is 2.50. The Morgan fingerprint density at radius 3 is 2.62 bits per heavy atom. The van der Waals surface area contributed by atoms with Gasteiger partial charge in [-0.1, -0.05) is 12.2 Å². The van der Waals surface area contributed by atoms with Crippen molar-refractivity contribution in [3.8, 4) is 0 Å². The van der Waals surface area contributed by atoms with Gasteiger partial charge in [-0.05, 0) is 38.3 Å². The number of carbonyl (C=O) groups excluding carboxylic acids is 1. The zero-order valence-corrected chi connectivity index (χ0v) is 17.4. The van der Waals surface area contributed by atoms with Crippen LogP contribution in [0, 0.1) is 11.8 Å². The van der Waals surface area contributed by atoms with Crippen molar-refractivity contribution >= 4 is 22.0 Å². The van der Waals surface area contributed by atoms with E-state index in [0.717, 1.165) is 25.5 Å². The van der Waals surface area contributed by atoms with Crippen molar-refractivity contribution in [1.29, 1.82) is 0 Å². The van der Waals surface area contributed by atoms with Crippen molar-refractivity contribution in [3.63, 3.8) is 0 Å². The molecule has 1 saturated heterocycles. The number of sulfonamides is 1. The van der Waals surface area contributed by atoms with Gasteiger partial charge in [0, 0.05) is 42.3 Å². The van der Waals surface area contributed by atoms with Gasteiger partial charge in [-0.2, -0.15) is 4.31 Å². The summed E-state index contributed by atoms with van der Waals surface area (Å²) in [5, 5.41) is 13.0. The van der Waals surface area contributed by atoms with Gasteiger partial charge in [0.15, 0.2) is 0 Å². The minimum Gasteiger partial charge on any atom is -0.396 e. The monoisotopic (exact) mass is 421 g/mol. The summed E-state index contributed by atoms with van der Waals surface area (Å²) in [5.41, 5.74) is 0.925. The Labute approximate surface area is 170 Å². The molecule has 0 radical (unpaired) electrons. The molecule has 2 N–H and O–H groups in total. The Kier molecular flexibility index (Phi) is 5.16. The van der Waals surface area contributed by atoms with Crippen LogP contribution in [0.2, 0.25) is 0 Å². The van der Waals surface area contributed by atoms with Gasteiger partial charge in [0.2, 0.25) is 15.9 Å². The van der Waals surface area contributed by atoms with Crippen LogP contribution in [0.4, 0.5) is 0 Å². The maximum Gasteiger partial charge on any atom is 0.258 e. The SMILES string of the molecule is C/C=C\c1ccc2n(c1=O)C[C@@H]1[C@@H](CO)[C@H](C(=O)NC3CCC3)N(S(C)(=O)=O)[C@H]21. The van der Waals surface area contributed by atoms with Crippen molar-refractivity contribution in [2.45, 2.75) is 50.9 Å². The molecule has 2 aliphatic heterocycles. The van der Waals surface area contributed by atoms with Crippen LogP contribution in [0.15, 0.2) is 23.0 Å². The number of aliphatic hydroxyl groups excluding tert-OH is 1. The molecule has 1 amide bonds. The molecule has 29 heavy (non-hydrogen) atoms. The van der Waals surface area contributed by atoms with Crippen LogP contribution in [0.1, 0.15) is 43.5 Å². The number of amides is 1. The van der Waals surface area contributed by atoms with E-state index in [1.54, 1.807) is 28.9 Å². The number of pyridine rings is 1. The number of nitrogens with one attached hydrogen (secondary N) is 1. The minimum atomic E-state index is -3.76. The van der Waals surface area contributed by atoms with Crippen molar-refractivity contribution in [2.75, 3.05) is 12.9 Å². The highest BCUT2D eigenvalue weighted by atomic mass is 32.2. The molecule has 0 unspecified atom stereocenters. The Hall–Kier alpha value is -1.97. The molecular formula is C20H27N3O5S. The van der Waals surface area contributed by atoms with E-state index in [1.807, 2.05) is 6.92 Å². The third-order valence-corrected chi connectivity index (χ3v) is 7.72. The number of hydrogen-bond acceptors (Lipinski definition) is 5. The van der Waals surface area contributed by atoms with E-state index in [9.17, 15) is 23.1 Å². The van der Waals surface area contributed by atoms with Gasteiger partial charge in [0.25, 0.3) is 5.56 Å². The van der Waals surface area contributed by atoms with Gasteiger partial charge >= 0.3 is 0 Å². The molecule has 0 bridgehead atoms. The lowest BCUT2D eigenvalue weighted by molar-refractivity contribution is -0.127. The maximum atomic E-state index is 13.0. The summed E-state index contributed by atoms with van der Waals surface area (Å²) in [4.78, 5) is 25.9. The second kappa shape index (κ2) is 7.37. The fraction of sp³-hybridized carbons (Fsp3) is 0.600. The lowest BCUT2D eigenvalue weighted by Gasteiger charge is -2.32. The number of nitrogens with zero attached hydrogens (tertiary/aromatic N) is 2. The number of rotatable bonds is 5.